The molecule has 190 valence electrons. The summed E-state index contributed by atoms with van der Waals surface area (Å²) < 4.78 is 65.7. The van der Waals surface area contributed by atoms with Crippen LogP contribution in [0.2, 0.25) is 0 Å². The molecule has 0 aliphatic carbocycles. The fraction of sp³-hybridized carbons (Fsp3) is 0.182. The monoisotopic (exact) mass is 574 g/mol. The van der Waals surface area contributed by atoms with Gasteiger partial charge in [-0.2, -0.15) is 23.3 Å². The quantitative estimate of drug-likeness (QED) is 0.333. The number of carbonyl (C=O) groups is 1. The molecule has 0 fully saturated rings. The van der Waals surface area contributed by atoms with Crippen molar-refractivity contribution >= 4 is 32.8 Å². The Balaban J connectivity index is 0.000000454. The van der Waals surface area contributed by atoms with E-state index >= 15 is 0 Å². The first-order chi connectivity index (χ1) is 16.9. The number of aliphatic carboxylic acids is 1. The van der Waals surface area contributed by atoms with Crippen LogP contribution in [0.5, 0.6) is 5.88 Å². The Labute approximate surface area is 207 Å². The van der Waals surface area contributed by atoms with E-state index in [0.29, 0.717) is 12.4 Å². The van der Waals surface area contributed by atoms with Crippen molar-refractivity contribution in [1.29, 1.82) is 0 Å². The van der Waals surface area contributed by atoms with Crippen molar-refractivity contribution in [3.8, 4) is 5.88 Å². The van der Waals surface area contributed by atoms with Crippen LogP contribution in [0.25, 0.3) is 10.9 Å². The van der Waals surface area contributed by atoms with Gasteiger partial charge >= 0.3 is 12.1 Å². The molecule has 0 saturated carbocycles. The molecule has 0 spiro atoms. The number of aromatic nitrogens is 4. The number of fused-ring (bicyclic) bond motifs is 1. The lowest BCUT2D eigenvalue weighted by atomic mass is 10.1. The fourth-order valence-electron chi connectivity index (χ4n) is 2.95. The number of ether oxygens (including phenoxy) is 1. The van der Waals surface area contributed by atoms with Crippen LogP contribution in [0.15, 0.2) is 51.9 Å². The number of nitrogens with zero attached hydrogens (tertiary/aromatic N) is 3. The number of benzene rings is 2. The van der Waals surface area contributed by atoms with Gasteiger partial charge in [0.15, 0.2) is 0 Å². The predicted molar refractivity (Wildman–Crippen MR) is 121 cm³/mol. The van der Waals surface area contributed by atoms with E-state index in [9.17, 15) is 26.7 Å². The predicted octanol–water partition coefficient (Wildman–Crippen LogP) is 4.73. The molecular formula is C22H16BrF5N4O4. The SMILES string of the molecule is Cc1nc(OCc2ccc(F)cc2F)c(Br)c(=O)n1Cc1ccc2[nH]ncc2c1.O=C(O)C(F)(F)F. The summed E-state index contributed by atoms with van der Waals surface area (Å²) in [5, 5.41) is 14.9. The van der Waals surface area contributed by atoms with Crippen molar-refractivity contribution in [2.24, 2.45) is 0 Å². The highest BCUT2D eigenvalue weighted by atomic mass is 79.9. The number of hydrogen-bond donors (Lipinski definition) is 2. The molecule has 2 heterocycles. The molecule has 0 unspecified atom stereocenters. The summed E-state index contributed by atoms with van der Waals surface area (Å²) in [4.78, 5) is 26.0. The molecule has 2 aromatic heterocycles. The van der Waals surface area contributed by atoms with Crippen LogP contribution < -0.4 is 10.3 Å². The second-order valence-corrected chi connectivity index (χ2v) is 8.08. The third-order valence-electron chi connectivity index (χ3n) is 4.74. The van der Waals surface area contributed by atoms with Crippen molar-refractivity contribution in [2.75, 3.05) is 0 Å². The molecule has 0 amide bonds. The number of nitrogens with one attached hydrogen (secondary N) is 1. The average molecular weight is 575 g/mol. The van der Waals surface area contributed by atoms with Gasteiger partial charge in [-0.05, 0) is 52.7 Å². The molecule has 2 N–H and O–H groups in total. The molecule has 0 bridgehead atoms. The summed E-state index contributed by atoms with van der Waals surface area (Å²) in [6.07, 6.45) is -3.37. The zero-order chi connectivity index (χ0) is 26.6. The first kappa shape index (κ1) is 26.8. The number of carboxylic acid groups (broad SMARTS) is 1. The summed E-state index contributed by atoms with van der Waals surface area (Å²) in [5.74, 6) is -3.65. The van der Waals surface area contributed by atoms with Crippen LogP contribution in [0, 0.1) is 18.6 Å². The molecule has 0 atom stereocenters. The van der Waals surface area contributed by atoms with Gasteiger partial charge in [-0.1, -0.05) is 6.07 Å². The van der Waals surface area contributed by atoms with Crippen LogP contribution in [-0.4, -0.2) is 37.0 Å². The molecule has 2 aromatic carbocycles. The third-order valence-corrected chi connectivity index (χ3v) is 5.42. The third kappa shape index (κ3) is 6.44. The first-order valence-corrected chi connectivity index (χ1v) is 10.7. The molecule has 0 aliphatic heterocycles. The Bertz CT molecular complexity index is 1470. The van der Waals surface area contributed by atoms with Crippen molar-refractivity contribution in [1.82, 2.24) is 19.7 Å². The van der Waals surface area contributed by atoms with Crippen molar-refractivity contribution in [3.05, 3.63) is 86.0 Å². The van der Waals surface area contributed by atoms with Gasteiger partial charge < -0.3 is 9.84 Å². The number of carboxylic acids is 1. The minimum Gasteiger partial charge on any atom is -0.475 e. The van der Waals surface area contributed by atoms with Crippen molar-refractivity contribution in [3.63, 3.8) is 0 Å². The molecular weight excluding hydrogens is 559 g/mol. The number of rotatable bonds is 5. The molecule has 8 nitrogen and oxygen atoms in total. The van der Waals surface area contributed by atoms with E-state index < -0.39 is 23.8 Å². The average Bonchev–Trinajstić information content (AvgIpc) is 3.27. The van der Waals surface area contributed by atoms with Gasteiger partial charge in [0.25, 0.3) is 5.56 Å². The van der Waals surface area contributed by atoms with Crippen LogP contribution >= 0.6 is 15.9 Å². The number of aryl methyl sites for hydroxylation is 1. The van der Waals surface area contributed by atoms with E-state index in [4.69, 9.17) is 14.6 Å². The van der Waals surface area contributed by atoms with Crippen LogP contribution in [0.4, 0.5) is 22.0 Å². The van der Waals surface area contributed by atoms with Gasteiger partial charge in [0.2, 0.25) is 5.88 Å². The van der Waals surface area contributed by atoms with Gasteiger partial charge in [-0.3, -0.25) is 14.5 Å². The molecule has 36 heavy (non-hydrogen) atoms. The van der Waals surface area contributed by atoms with Gasteiger partial charge in [0.05, 0.1) is 18.3 Å². The Morgan fingerprint density at radius 3 is 2.53 bits per heavy atom. The summed E-state index contributed by atoms with van der Waals surface area (Å²) in [6.45, 7) is 1.83. The lowest BCUT2D eigenvalue weighted by molar-refractivity contribution is -0.192. The summed E-state index contributed by atoms with van der Waals surface area (Å²) in [5.41, 5.74) is 1.67. The van der Waals surface area contributed by atoms with E-state index in [0.717, 1.165) is 28.6 Å². The zero-order valence-electron chi connectivity index (χ0n) is 18.2. The molecule has 4 aromatic rings. The minimum atomic E-state index is -5.08. The Morgan fingerprint density at radius 1 is 1.19 bits per heavy atom. The highest BCUT2D eigenvalue weighted by Crippen LogP contribution is 2.22. The lowest BCUT2D eigenvalue weighted by Gasteiger charge is -2.14. The highest BCUT2D eigenvalue weighted by molar-refractivity contribution is 9.10. The Hall–Kier alpha value is -3.81. The zero-order valence-corrected chi connectivity index (χ0v) is 19.8. The fourth-order valence-corrected chi connectivity index (χ4v) is 3.37. The molecule has 14 heteroatoms. The molecule has 0 saturated heterocycles. The minimum absolute atomic E-state index is 0.0535. The van der Waals surface area contributed by atoms with E-state index in [1.807, 2.05) is 18.2 Å². The van der Waals surface area contributed by atoms with E-state index in [1.165, 1.54) is 10.6 Å². The number of alkyl halides is 3. The summed E-state index contributed by atoms with van der Waals surface area (Å²) in [6, 6.07) is 8.96. The van der Waals surface area contributed by atoms with Crippen LogP contribution in [0.1, 0.15) is 17.0 Å². The summed E-state index contributed by atoms with van der Waals surface area (Å²) in [7, 11) is 0. The van der Waals surface area contributed by atoms with E-state index in [1.54, 1.807) is 13.1 Å². The maximum absolute atomic E-state index is 13.8. The van der Waals surface area contributed by atoms with Gasteiger partial charge in [0.1, 0.15) is 28.5 Å². The Morgan fingerprint density at radius 2 is 1.89 bits per heavy atom. The van der Waals surface area contributed by atoms with E-state index in [-0.39, 0.29) is 28.1 Å². The smallest absolute Gasteiger partial charge is 0.475 e. The normalized spacial score (nSPS) is 11.2. The molecule has 0 radical (unpaired) electrons. The molecule has 4 rings (SSSR count). The number of H-pyrrole nitrogens is 1. The number of hydrogen-bond acceptors (Lipinski definition) is 5. The van der Waals surface area contributed by atoms with Crippen LogP contribution in [-0.2, 0) is 17.9 Å². The van der Waals surface area contributed by atoms with Gasteiger partial charge in [-0.25, -0.2) is 13.6 Å². The van der Waals surface area contributed by atoms with Crippen molar-refractivity contribution < 1.29 is 36.6 Å². The number of halogens is 6. The van der Waals surface area contributed by atoms with E-state index in [2.05, 4.69) is 31.1 Å². The largest absolute Gasteiger partial charge is 0.490 e. The van der Waals surface area contributed by atoms with Gasteiger partial charge in [-0.15, -0.1) is 0 Å². The molecule has 0 aliphatic rings. The van der Waals surface area contributed by atoms with Crippen molar-refractivity contribution in [2.45, 2.75) is 26.3 Å². The lowest BCUT2D eigenvalue weighted by Crippen LogP contribution is -2.25. The second kappa shape index (κ2) is 10.8. The summed E-state index contributed by atoms with van der Waals surface area (Å²) >= 11 is 3.23. The Kier molecular flexibility index (Phi) is 8.07. The maximum atomic E-state index is 13.8. The topological polar surface area (TPSA) is 110 Å². The standard InChI is InChI=1S/C20H15BrF2N4O2.C2HF3O2/c1-11-25-19(29-10-13-3-4-15(22)7-16(13)23)18(21)20(28)27(11)9-12-2-5-17-14(6-12)8-24-26-17;3-2(4,5)1(6)7/h2-8H,9-10H2,1H3,(H,24,26);(H,6,7). The maximum Gasteiger partial charge on any atom is 0.490 e. The van der Waals surface area contributed by atoms with Crippen LogP contribution in [0.3, 0.4) is 0 Å². The second-order valence-electron chi connectivity index (χ2n) is 7.29. The number of aromatic amines is 1. The van der Waals surface area contributed by atoms with Gasteiger partial charge in [0, 0.05) is 17.0 Å². The first-order valence-electron chi connectivity index (χ1n) is 9.92. The highest BCUT2D eigenvalue weighted by Gasteiger charge is 2.38.